The first kappa shape index (κ1) is 9.69. The molecule has 0 N–H and O–H groups in total. The molecule has 0 radical (unpaired) electrons. The summed E-state index contributed by atoms with van der Waals surface area (Å²) in [6.07, 6.45) is 0. The van der Waals surface area contributed by atoms with Gasteiger partial charge in [0.2, 0.25) is 0 Å². The van der Waals surface area contributed by atoms with E-state index >= 15 is 0 Å². The van der Waals surface area contributed by atoms with Crippen molar-refractivity contribution in [2.24, 2.45) is 0 Å². The van der Waals surface area contributed by atoms with E-state index < -0.39 is 0 Å². The van der Waals surface area contributed by atoms with Gasteiger partial charge in [-0.3, -0.25) is 0 Å². The van der Waals surface area contributed by atoms with E-state index in [2.05, 4.69) is 9.97 Å². The number of halogens is 2. The van der Waals surface area contributed by atoms with Crippen molar-refractivity contribution in [1.82, 2.24) is 9.97 Å². The van der Waals surface area contributed by atoms with Crippen LogP contribution in [-0.4, -0.2) is 9.97 Å². The fourth-order valence-corrected chi connectivity index (χ4v) is 1.74. The average molecular weight is 227 g/mol. The summed E-state index contributed by atoms with van der Waals surface area (Å²) in [4.78, 5) is 8.54. The third-order valence-electron chi connectivity index (χ3n) is 2.04. The van der Waals surface area contributed by atoms with Crippen molar-refractivity contribution in [2.45, 2.75) is 13.8 Å². The van der Waals surface area contributed by atoms with Crippen molar-refractivity contribution >= 4 is 34.1 Å². The SMILES string of the molecule is Cc1nc(C)c2cc(Cl)c(Cl)cc2n1. The molecule has 0 aliphatic carbocycles. The van der Waals surface area contributed by atoms with Gasteiger partial charge in [0.15, 0.2) is 0 Å². The molecule has 2 nitrogen and oxygen atoms in total. The first-order chi connectivity index (χ1) is 6.58. The number of fused-ring (bicyclic) bond motifs is 1. The van der Waals surface area contributed by atoms with Gasteiger partial charge in [-0.15, -0.1) is 0 Å². The van der Waals surface area contributed by atoms with E-state index in [-0.39, 0.29) is 0 Å². The Balaban J connectivity index is 2.89. The van der Waals surface area contributed by atoms with Crippen LogP contribution in [0.15, 0.2) is 12.1 Å². The maximum atomic E-state index is 5.91. The minimum Gasteiger partial charge on any atom is -0.238 e. The number of nitrogens with zero attached hydrogens (tertiary/aromatic N) is 2. The molecule has 1 aromatic carbocycles. The highest BCUT2D eigenvalue weighted by Crippen LogP contribution is 2.27. The summed E-state index contributed by atoms with van der Waals surface area (Å²) in [5.41, 5.74) is 1.76. The highest BCUT2D eigenvalue weighted by Gasteiger charge is 2.05. The van der Waals surface area contributed by atoms with Crippen molar-refractivity contribution in [2.75, 3.05) is 0 Å². The van der Waals surface area contributed by atoms with Crippen molar-refractivity contribution < 1.29 is 0 Å². The van der Waals surface area contributed by atoms with E-state index in [0.29, 0.717) is 10.0 Å². The van der Waals surface area contributed by atoms with Crippen molar-refractivity contribution in [3.05, 3.63) is 33.7 Å². The zero-order valence-electron chi connectivity index (χ0n) is 7.81. The molecule has 1 heterocycles. The van der Waals surface area contributed by atoms with Crippen LogP contribution in [0, 0.1) is 13.8 Å². The molecule has 14 heavy (non-hydrogen) atoms. The van der Waals surface area contributed by atoms with Gasteiger partial charge in [-0.1, -0.05) is 23.2 Å². The van der Waals surface area contributed by atoms with E-state index in [9.17, 15) is 0 Å². The van der Waals surface area contributed by atoms with Gasteiger partial charge in [-0.2, -0.15) is 0 Å². The molecule has 0 spiro atoms. The Bertz CT molecular complexity index is 509. The van der Waals surface area contributed by atoms with Gasteiger partial charge in [-0.05, 0) is 26.0 Å². The van der Waals surface area contributed by atoms with Crippen LogP contribution in [0.2, 0.25) is 10.0 Å². The third kappa shape index (κ3) is 1.56. The summed E-state index contributed by atoms with van der Waals surface area (Å²) in [7, 11) is 0. The van der Waals surface area contributed by atoms with Gasteiger partial charge in [-0.25, -0.2) is 9.97 Å². The second kappa shape index (κ2) is 3.37. The Labute approximate surface area is 91.9 Å². The van der Waals surface area contributed by atoms with Crippen LogP contribution < -0.4 is 0 Å². The molecule has 72 valence electrons. The van der Waals surface area contributed by atoms with Crippen molar-refractivity contribution in [1.29, 1.82) is 0 Å². The van der Waals surface area contributed by atoms with Crippen LogP contribution >= 0.6 is 23.2 Å². The number of hydrogen-bond donors (Lipinski definition) is 0. The van der Waals surface area contributed by atoms with Crippen LogP contribution in [0.3, 0.4) is 0 Å². The number of rotatable bonds is 0. The molecule has 0 aliphatic heterocycles. The summed E-state index contributed by atoms with van der Waals surface area (Å²) in [5, 5.41) is 2.01. The molecule has 1 aromatic heterocycles. The molecule has 0 bridgehead atoms. The molecule has 0 aliphatic rings. The minimum atomic E-state index is 0.525. The van der Waals surface area contributed by atoms with Crippen molar-refractivity contribution in [3.8, 4) is 0 Å². The molecule has 2 aromatic rings. The minimum absolute atomic E-state index is 0.525. The van der Waals surface area contributed by atoms with Crippen LogP contribution in [0.4, 0.5) is 0 Å². The second-order valence-electron chi connectivity index (χ2n) is 3.14. The second-order valence-corrected chi connectivity index (χ2v) is 3.95. The first-order valence-corrected chi connectivity index (χ1v) is 4.93. The smallest absolute Gasteiger partial charge is 0.126 e. The largest absolute Gasteiger partial charge is 0.238 e. The Morgan fingerprint density at radius 2 is 1.64 bits per heavy atom. The fourth-order valence-electron chi connectivity index (χ4n) is 1.42. The van der Waals surface area contributed by atoms with E-state index in [1.165, 1.54) is 0 Å². The maximum absolute atomic E-state index is 5.91. The highest BCUT2D eigenvalue weighted by atomic mass is 35.5. The van der Waals surface area contributed by atoms with Crippen LogP contribution in [0.1, 0.15) is 11.5 Å². The van der Waals surface area contributed by atoms with Gasteiger partial charge in [0, 0.05) is 11.1 Å². The number of benzene rings is 1. The highest BCUT2D eigenvalue weighted by molar-refractivity contribution is 6.42. The lowest BCUT2D eigenvalue weighted by molar-refractivity contribution is 1.05. The zero-order valence-corrected chi connectivity index (χ0v) is 9.32. The summed E-state index contributed by atoms with van der Waals surface area (Å²) < 4.78 is 0. The Hall–Kier alpha value is -0.860. The number of aromatic nitrogens is 2. The predicted octanol–water partition coefficient (Wildman–Crippen LogP) is 3.55. The lowest BCUT2D eigenvalue weighted by Gasteiger charge is -2.04. The van der Waals surface area contributed by atoms with Gasteiger partial charge in [0.25, 0.3) is 0 Å². The monoisotopic (exact) mass is 226 g/mol. The predicted molar refractivity (Wildman–Crippen MR) is 59.0 cm³/mol. The topological polar surface area (TPSA) is 25.8 Å². The summed E-state index contributed by atoms with van der Waals surface area (Å²) >= 11 is 11.8. The number of aryl methyl sites for hydroxylation is 2. The molecular weight excluding hydrogens is 219 g/mol. The summed E-state index contributed by atoms with van der Waals surface area (Å²) in [5.74, 6) is 0.744. The molecule has 0 fully saturated rings. The summed E-state index contributed by atoms with van der Waals surface area (Å²) in [6.45, 7) is 3.79. The zero-order chi connectivity index (χ0) is 10.3. The molecule has 0 atom stereocenters. The molecular formula is C10H8Cl2N2. The molecule has 0 amide bonds. The van der Waals surface area contributed by atoms with Gasteiger partial charge >= 0.3 is 0 Å². The molecule has 0 saturated carbocycles. The molecule has 4 heteroatoms. The van der Waals surface area contributed by atoms with Crippen LogP contribution in [0.5, 0.6) is 0 Å². The van der Waals surface area contributed by atoms with E-state index in [4.69, 9.17) is 23.2 Å². The van der Waals surface area contributed by atoms with Crippen molar-refractivity contribution in [3.63, 3.8) is 0 Å². The van der Waals surface area contributed by atoms with E-state index in [1.54, 1.807) is 12.1 Å². The first-order valence-electron chi connectivity index (χ1n) is 4.18. The molecule has 0 saturated heterocycles. The number of hydrogen-bond acceptors (Lipinski definition) is 2. The normalized spacial score (nSPS) is 10.9. The third-order valence-corrected chi connectivity index (χ3v) is 2.76. The fraction of sp³-hybridized carbons (Fsp3) is 0.200. The Kier molecular flexibility index (Phi) is 2.33. The van der Waals surface area contributed by atoms with E-state index in [1.807, 2.05) is 13.8 Å². The lowest BCUT2D eigenvalue weighted by atomic mass is 10.2. The average Bonchev–Trinajstić information content (AvgIpc) is 2.08. The maximum Gasteiger partial charge on any atom is 0.126 e. The lowest BCUT2D eigenvalue weighted by Crippen LogP contribution is -1.93. The molecule has 2 rings (SSSR count). The van der Waals surface area contributed by atoms with Crippen LogP contribution in [-0.2, 0) is 0 Å². The Morgan fingerprint density at radius 3 is 2.36 bits per heavy atom. The standard InChI is InChI=1S/C10H8Cl2N2/c1-5-7-3-8(11)9(12)4-10(7)14-6(2)13-5/h3-4H,1-2H3. The van der Waals surface area contributed by atoms with E-state index in [0.717, 1.165) is 22.4 Å². The van der Waals surface area contributed by atoms with Gasteiger partial charge < -0.3 is 0 Å². The summed E-state index contributed by atoms with van der Waals surface area (Å²) in [6, 6.07) is 3.56. The van der Waals surface area contributed by atoms with Gasteiger partial charge in [0.05, 0.1) is 15.6 Å². The quantitative estimate of drug-likeness (QED) is 0.687. The van der Waals surface area contributed by atoms with Gasteiger partial charge in [0.1, 0.15) is 5.82 Å². The Morgan fingerprint density at radius 1 is 1.00 bits per heavy atom. The molecule has 0 unspecified atom stereocenters. The van der Waals surface area contributed by atoms with Crippen LogP contribution in [0.25, 0.3) is 10.9 Å².